The van der Waals surface area contributed by atoms with Crippen LogP contribution < -0.4 is 11.1 Å². The van der Waals surface area contributed by atoms with Crippen LogP contribution in [-0.2, 0) is 4.74 Å². The molecule has 1 saturated carbocycles. The molecule has 0 aromatic carbocycles. The normalized spacial score (nSPS) is 31.3. The topological polar surface area (TPSA) is 47.3 Å². The molecule has 0 amide bonds. The Hall–Kier alpha value is -0.120. The molecular weight excluding hydrogens is 224 g/mol. The summed E-state index contributed by atoms with van der Waals surface area (Å²) in [5.41, 5.74) is 6.73. The third-order valence-corrected chi connectivity index (χ3v) is 4.62. The molecule has 3 N–H and O–H groups in total. The standard InChI is InChI=1S/C15H30N2O/c1-13(2)9-14(5-3-4-6-14)10-17-11-15(16)7-8-18-12-15/h13,17H,3-12,16H2,1-2H3. The minimum absolute atomic E-state index is 0.113. The molecule has 1 aliphatic carbocycles. The van der Waals surface area contributed by atoms with Crippen molar-refractivity contribution < 1.29 is 4.74 Å². The third kappa shape index (κ3) is 3.69. The van der Waals surface area contributed by atoms with Gasteiger partial charge in [-0.1, -0.05) is 26.7 Å². The zero-order valence-corrected chi connectivity index (χ0v) is 12.1. The van der Waals surface area contributed by atoms with Crippen LogP contribution in [0.25, 0.3) is 0 Å². The van der Waals surface area contributed by atoms with Crippen LogP contribution in [0.1, 0.15) is 52.4 Å². The number of hydrogen-bond acceptors (Lipinski definition) is 3. The lowest BCUT2D eigenvalue weighted by molar-refractivity contribution is 0.172. The summed E-state index contributed by atoms with van der Waals surface area (Å²) in [6, 6.07) is 0. The highest BCUT2D eigenvalue weighted by Crippen LogP contribution is 2.42. The van der Waals surface area contributed by atoms with Crippen LogP contribution in [-0.4, -0.2) is 31.8 Å². The molecule has 106 valence electrons. The predicted molar refractivity (Wildman–Crippen MR) is 75.6 cm³/mol. The van der Waals surface area contributed by atoms with Gasteiger partial charge in [0, 0.05) is 19.7 Å². The smallest absolute Gasteiger partial charge is 0.0659 e. The van der Waals surface area contributed by atoms with Gasteiger partial charge in [0.25, 0.3) is 0 Å². The fourth-order valence-electron chi connectivity index (χ4n) is 3.78. The van der Waals surface area contributed by atoms with Gasteiger partial charge in [-0.2, -0.15) is 0 Å². The summed E-state index contributed by atoms with van der Waals surface area (Å²) in [5, 5.41) is 3.65. The first-order valence-electron chi connectivity index (χ1n) is 7.61. The van der Waals surface area contributed by atoms with Gasteiger partial charge in [0.15, 0.2) is 0 Å². The Bertz CT molecular complexity index is 253. The quantitative estimate of drug-likeness (QED) is 0.764. The maximum absolute atomic E-state index is 6.30. The van der Waals surface area contributed by atoms with Crippen LogP contribution in [0.5, 0.6) is 0 Å². The van der Waals surface area contributed by atoms with Crippen LogP contribution in [0, 0.1) is 11.3 Å². The van der Waals surface area contributed by atoms with Gasteiger partial charge in [-0.25, -0.2) is 0 Å². The van der Waals surface area contributed by atoms with E-state index in [0.717, 1.165) is 38.6 Å². The minimum atomic E-state index is -0.113. The fraction of sp³-hybridized carbons (Fsp3) is 1.00. The molecular formula is C15H30N2O. The molecule has 2 fully saturated rings. The molecule has 0 aromatic rings. The predicted octanol–water partition coefficient (Wildman–Crippen LogP) is 2.30. The van der Waals surface area contributed by atoms with E-state index in [2.05, 4.69) is 19.2 Å². The molecule has 1 atom stereocenters. The van der Waals surface area contributed by atoms with E-state index in [-0.39, 0.29) is 5.54 Å². The number of hydrogen-bond donors (Lipinski definition) is 2. The highest BCUT2D eigenvalue weighted by Gasteiger charge is 2.35. The van der Waals surface area contributed by atoms with E-state index in [1.165, 1.54) is 32.1 Å². The van der Waals surface area contributed by atoms with Gasteiger partial charge in [-0.05, 0) is 37.0 Å². The third-order valence-electron chi connectivity index (χ3n) is 4.62. The first kappa shape index (κ1) is 14.3. The Labute approximate surface area is 112 Å². The van der Waals surface area contributed by atoms with Crippen LogP contribution in [0.3, 0.4) is 0 Å². The lowest BCUT2D eigenvalue weighted by Gasteiger charge is -2.33. The highest BCUT2D eigenvalue weighted by atomic mass is 16.5. The molecule has 1 saturated heterocycles. The highest BCUT2D eigenvalue weighted by molar-refractivity contribution is 4.93. The first-order chi connectivity index (χ1) is 8.54. The summed E-state index contributed by atoms with van der Waals surface area (Å²) < 4.78 is 5.41. The van der Waals surface area contributed by atoms with Crippen molar-refractivity contribution in [3.05, 3.63) is 0 Å². The summed E-state index contributed by atoms with van der Waals surface area (Å²) in [4.78, 5) is 0. The maximum atomic E-state index is 6.30. The van der Waals surface area contributed by atoms with Crippen LogP contribution in [0.2, 0.25) is 0 Å². The second-order valence-corrected chi connectivity index (χ2v) is 7.07. The zero-order chi connectivity index (χ0) is 13.1. The van der Waals surface area contributed by atoms with Crippen molar-refractivity contribution in [1.29, 1.82) is 0 Å². The Kier molecular flexibility index (Phi) is 4.68. The van der Waals surface area contributed by atoms with Crippen molar-refractivity contribution in [1.82, 2.24) is 5.32 Å². The van der Waals surface area contributed by atoms with Gasteiger partial charge < -0.3 is 15.8 Å². The molecule has 3 nitrogen and oxygen atoms in total. The summed E-state index contributed by atoms with van der Waals surface area (Å²) in [6.45, 7) is 8.29. The zero-order valence-electron chi connectivity index (χ0n) is 12.1. The van der Waals surface area contributed by atoms with E-state index >= 15 is 0 Å². The first-order valence-corrected chi connectivity index (χ1v) is 7.61. The number of ether oxygens (including phenoxy) is 1. The second-order valence-electron chi connectivity index (χ2n) is 7.07. The van der Waals surface area contributed by atoms with E-state index < -0.39 is 0 Å². The minimum Gasteiger partial charge on any atom is -0.379 e. The van der Waals surface area contributed by atoms with Crippen molar-refractivity contribution in [2.24, 2.45) is 17.1 Å². The average molecular weight is 254 g/mol. The van der Waals surface area contributed by atoms with Crippen LogP contribution in [0.4, 0.5) is 0 Å². The van der Waals surface area contributed by atoms with Gasteiger partial charge in [0.2, 0.25) is 0 Å². The van der Waals surface area contributed by atoms with Gasteiger partial charge in [-0.3, -0.25) is 0 Å². The number of rotatable bonds is 6. The molecule has 1 heterocycles. The lowest BCUT2D eigenvalue weighted by atomic mass is 9.78. The SMILES string of the molecule is CC(C)CC1(CNCC2(N)CCOC2)CCCC1. The molecule has 2 aliphatic rings. The summed E-state index contributed by atoms with van der Waals surface area (Å²) in [5.74, 6) is 0.798. The van der Waals surface area contributed by atoms with Gasteiger partial charge in [-0.15, -0.1) is 0 Å². The molecule has 1 aliphatic heterocycles. The molecule has 0 bridgehead atoms. The van der Waals surface area contributed by atoms with E-state index in [1.54, 1.807) is 0 Å². The lowest BCUT2D eigenvalue weighted by Crippen LogP contribution is -2.51. The van der Waals surface area contributed by atoms with E-state index in [9.17, 15) is 0 Å². The fourth-order valence-corrected chi connectivity index (χ4v) is 3.78. The molecule has 0 spiro atoms. The van der Waals surface area contributed by atoms with E-state index in [4.69, 9.17) is 10.5 Å². The van der Waals surface area contributed by atoms with Crippen molar-refractivity contribution in [2.45, 2.75) is 57.9 Å². The Morgan fingerprint density at radius 3 is 2.44 bits per heavy atom. The van der Waals surface area contributed by atoms with E-state index in [0.29, 0.717) is 5.41 Å². The van der Waals surface area contributed by atoms with Crippen molar-refractivity contribution in [2.75, 3.05) is 26.3 Å². The molecule has 3 heteroatoms. The molecule has 1 unspecified atom stereocenters. The number of nitrogens with two attached hydrogens (primary N) is 1. The summed E-state index contributed by atoms with van der Waals surface area (Å²) in [6.07, 6.45) is 7.96. The summed E-state index contributed by atoms with van der Waals surface area (Å²) in [7, 11) is 0. The molecule has 18 heavy (non-hydrogen) atoms. The van der Waals surface area contributed by atoms with Crippen molar-refractivity contribution >= 4 is 0 Å². The van der Waals surface area contributed by atoms with Crippen molar-refractivity contribution in [3.8, 4) is 0 Å². The monoisotopic (exact) mass is 254 g/mol. The van der Waals surface area contributed by atoms with Crippen LogP contribution >= 0.6 is 0 Å². The molecule has 2 rings (SSSR count). The Morgan fingerprint density at radius 1 is 1.17 bits per heavy atom. The Balaban J connectivity index is 1.79. The van der Waals surface area contributed by atoms with Gasteiger partial charge in [0.1, 0.15) is 0 Å². The van der Waals surface area contributed by atoms with Crippen LogP contribution in [0.15, 0.2) is 0 Å². The molecule has 0 aromatic heterocycles. The number of nitrogens with one attached hydrogen (secondary N) is 1. The van der Waals surface area contributed by atoms with E-state index in [1.807, 2.05) is 0 Å². The Morgan fingerprint density at radius 2 is 1.89 bits per heavy atom. The van der Waals surface area contributed by atoms with Gasteiger partial charge >= 0.3 is 0 Å². The second kappa shape index (κ2) is 5.89. The molecule has 0 radical (unpaired) electrons. The van der Waals surface area contributed by atoms with Gasteiger partial charge in [0.05, 0.1) is 12.1 Å². The summed E-state index contributed by atoms with van der Waals surface area (Å²) >= 11 is 0. The average Bonchev–Trinajstić information content (AvgIpc) is 2.88. The maximum Gasteiger partial charge on any atom is 0.0659 e. The van der Waals surface area contributed by atoms with Crippen molar-refractivity contribution in [3.63, 3.8) is 0 Å². The largest absolute Gasteiger partial charge is 0.379 e.